The van der Waals surface area contributed by atoms with Crippen molar-refractivity contribution < 1.29 is 47.3 Å². The Bertz CT molecular complexity index is 392. The van der Waals surface area contributed by atoms with Crippen LogP contribution in [-0.2, 0) is 10.3 Å². The summed E-state index contributed by atoms with van der Waals surface area (Å²) in [4.78, 5) is 1.60. The maximum absolute atomic E-state index is 10.2. The minimum absolute atomic E-state index is 0. The predicted octanol–water partition coefficient (Wildman–Crippen LogP) is -2.92. The van der Waals surface area contributed by atoms with Crippen LogP contribution in [0, 0.1) is 0 Å². The average molecular weight is 240 g/mol. The van der Waals surface area contributed by atoms with Crippen LogP contribution in [0.5, 0.6) is 5.75 Å². The van der Waals surface area contributed by atoms with Gasteiger partial charge in [0.15, 0.2) is 10.3 Å². The topological polar surface area (TPSA) is 90.5 Å². The first-order valence-corrected chi connectivity index (χ1v) is 5.05. The van der Waals surface area contributed by atoms with Crippen molar-refractivity contribution in [3.05, 3.63) is 24.3 Å². The van der Waals surface area contributed by atoms with Gasteiger partial charge in [0.05, 0.1) is 12.8 Å². The summed E-state index contributed by atoms with van der Waals surface area (Å²) in [6.45, 7) is 0. The van der Waals surface area contributed by atoms with Gasteiger partial charge in [-0.05, 0) is 24.3 Å². The van der Waals surface area contributed by atoms with Crippen LogP contribution in [0.1, 0.15) is 0 Å². The second kappa shape index (κ2) is 6.31. The third kappa shape index (κ3) is 5.98. The van der Waals surface area contributed by atoms with Crippen LogP contribution >= 0.6 is 0 Å². The number of hydrazine groups is 1. The first-order valence-electron chi connectivity index (χ1n) is 3.64. The Morgan fingerprint density at radius 2 is 1.80 bits per heavy atom. The summed E-state index contributed by atoms with van der Waals surface area (Å²) in [5.41, 5.74) is 2.68. The second-order valence-electron chi connectivity index (χ2n) is 2.41. The van der Waals surface area contributed by atoms with Crippen molar-refractivity contribution in [2.75, 3.05) is 12.5 Å². The Morgan fingerprint density at radius 3 is 2.20 bits per heavy atom. The molecule has 0 spiro atoms. The fraction of sp³-hybridized carbons (Fsp3) is 0.143. The summed E-state index contributed by atoms with van der Waals surface area (Å²) >= 11 is 0. The summed E-state index contributed by atoms with van der Waals surface area (Å²) in [5.74, 6) is 0.639. The van der Waals surface area contributed by atoms with Gasteiger partial charge in [0.2, 0.25) is 0 Å². The molecule has 0 aromatic heterocycles. The molecule has 0 fully saturated rings. The van der Waals surface area contributed by atoms with E-state index in [1.54, 1.807) is 29.1 Å². The van der Waals surface area contributed by atoms with Gasteiger partial charge in [-0.2, -0.15) is 0 Å². The van der Waals surface area contributed by atoms with E-state index in [4.69, 9.17) is 4.74 Å². The third-order valence-corrected chi connectivity index (χ3v) is 1.76. The van der Waals surface area contributed by atoms with Crippen LogP contribution in [-0.4, -0.2) is 20.1 Å². The summed E-state index contributed by atoms with van der Waals surface area (Å²) < 4.78 is 35.4. The first-order chi connectivity index (χ1) is 6.51. The quantitative estimate of drug-likeness (QED) is 0.334. The van der Waals surface area contributed by atoms with Gasteiger partial charge in [-0.25, -0.2) is 8.42 Å². The standard InChI is InChI=1S/C7H10N2O4S.Na/c1-13-7-4-2-6(3-5-7)8-9-14(10,11)12;/h2-5,8-9H,1H3,(H,10,11,12);/q;+1/p-1. The molecule has 1 rings (SSSR count). The van der Waals surface area contributed by atoms with Crippen LogP contribution in [0.2, 0.25) is 0 Å². The first kappa shape index (κ1) is 14.7. The van der Waals surface area contributed by atoms with E-state index < -0.39 is 10.3 Å². The number of hydrogen-bond donors (Lipinski definition) is 2. The number of benzene rings is 1. The van der Waals surface area contributed by atoms with Crippen molar-refractivity contribution >= 4 is 16.0 Å². The fourth-order valence-corrected chi connectivity index (χ4v) is 1.04. The molecule has 6 nitrogen and oxygen atoms in total. The molecule has 0 amide bonds. The van der Waals surface area contributed by atoms with Crippen molar-refractivity contribution in [1.29, 1.82) is 0 Å². The van der Waals surface area contributed by atoms with Crippen LogP contribution in [0.4, 0.5) is 5.69 Å². The minimum atomic E-state index is -4.48. The molecule has 0 saturated heterocycles. The number of ether oxygens (including phenoxy) is 1. The molecule has 8 heteroatoms. The SMILES string of the molecule is COc1ccc(NNS(=O)(=O)[O-])cc1.[Na+]. The number of methoxy groups -OCH3 is 1. The minimum Gasteiger partial charge on any atom is -0.734 e. The molecule has 78 valence electrons. The largest absolute Gasteiger partial charge is 1.00 e. The van der Waals surface area contributed by atoms with Crippen molar-refractivity contribution in [2.45, 2.75) is 0 Å². The summed E-state index contributed by atoms with van der Waals surface area (Å²) in [5, 5.41) is 0. The van der Waals surface area contributed by atoms with E-state index in [0.717, 1.165) is 0 Å². The molecule has 0 atom stereocenters. The second-order valence-corrected chi connectivity index (χ2v) is 3.52. The molecule has 0 aliphatic rings. The van der Waals surface area contributed by atoms with Crippen molar-refractivity contribution in [3.8, 4) is 5.75 Å². The number of anilines is 1. The zero-order valence-electron chi connectivity index (χ0n) is 8.35. The fourth-order valence-electron chi connectivity index (χ4n) is 0.796. The molecule has 0 heterocycles. The maximum atomic E-state index is 10.2. The smallest absolute Gasteiger partial charge is 0.734 e. The molecule has 0 aliphatic carbocycles. The van der Waals surface area contributed by atoms with Gasteiger partial charge in [0.25, 0.3) is 0 Å². The van der Waals surface area contributed by atoms with E-state index in [1.165, 1.54) is 7.11 Å². The monoisotopic (exact) mass is 240 g/mol. The van der Waals surface area contributed by atoms with Gasteiger partial charge in [0.1, 0.15) is 5.75 Å². The Balaban J connectivity index is 0.00000196. The molecular formula is C7H9N2NaO4S. The van der Waals surface area contributed by atoms with Crippen LogP contribution in [0.3, 0.4) is 0 Å². The van der Waals surface area contributed by atoms with Crippen LogP contribution < -0.4 is 44.6 Å². The van der Waals surface area contributed by atoms with E-state index >= 15 is 0 Å². The van der Waals surface area contributed by atoms with Gasteiger partial charge in [-0.3, -0.25) is 0 Å². The molecule has 0 bridgehead atoms. The number of rotatable bonds is 4. The van der Waals surface area contributed by atoms with E-state index in [9.17, 15) is 13.0 Å². The van der Waals surface area contributed by atoms with E-state index in [-0.39, 0.29) is 29.6 Å². The molecule has 0 saturated carbocycles. The van der Waals surface area contributed by atoms with Gasteiger partial charge < -0.3 is 14.7 Å². The summed E-state index contributed by atoms with van der Waals surface area (Å²) in [6.07, 6.45) is 0. The molecule has 0 unspecified atom stereocenters. The Hall–Kier alpha value is -0.310. The Kier molecular flexibility index (Phi) is 6.18. The number of hydrogen-bond acceptors (Lipinski definition) is 5. The van der Waals surface area contributed by atoms with E-state index in [1.807, 2.05) is 0 Å². The van der Waals surface area contributed by atoms with Crippen molar-refractivity contribution in [1.82, 2.24) is 4.83 Å². The van der Waals surface area contributed by atoms with E-state index in [2.05, 4.69) is 5.43 Å². The Labute approximate surface area is 110 Å². The number of nitrogens with one attached hydrogen (secondary N) is 2. The van der Waals surface area contributed by atoms with E-state index in [0.29, 0.717) is 11.4 Å². The zero-order chi connectivity index (χ0) is 10.6. The molecule has 2 N–H and O–H groups in total. The molecule has 0 aliphatic heterocycles. The predicted molar refractivity (Wildman–Crippen MR) is 49.4 cm³/mol. The average Bonchev–Trinajstić information content (AvgIpc) is 2.14. The van der Waals surface area contributed by atoms with Crippen molar-refractivity contribution in [3.63, 3.8) is 0 Å². The van der Waals surface area contributed by atoms with Gasteiger partial charge in [-0.1, -0.05) is 0 Å². The molecular weight excluding hydrogens is 231 g/mol. The molecule has 1 aromatic carbocycles. The third-order valence-electron chi connectivity index (χ3n) is 1.41. The Morgan fingerprint density at radius 1 is 1.27 bits per heavy atom. The summed E-state index contributed by atoms with van der Waals surface area (Å²) in [6, 6.07) is 6.39. The zero-order valence-corrected chi connectivity index (χ0v) is 11.2. The van der Waals surface area contributed by atoms with Crippen LogP contribution in [0.25, 0.3) is 0 Å². The summed E-state index contributed by atoms with van der Waals surface area (Å²) in [7, 11) is -2.96. The van der Waals surface area contributed by atoms with Crippen LogP contribution in [0.15, 0.2) is 24.3 Å². The normalized spacial score (nSPS) is 10.3. The van der Waals surface area contributed by atoms with Gasteiger partial charge >= 0.3 is 29.6 Å². The molecule has 15 heavy (non-hydrogen) atoms. The van der Waals surface area contributed by atoms with Gasteiger partial charge in [-0.15, -0.1) is 4.83 Å². The maximum Gasteiger partial charge on any atom is 1.00 e. The molecule has 0 radical (unpaired) electrons. The van der Waals surface area contributed by atoms with Gasteiger partial charge in [0, 0.05) is 0 Å². The molecule has 1 aromatic rings. The van der Waals surface area contributed by atoms with Crippen molar-refractivity contribution in [2.24, 2.45) is 0 Å².